The van der Waals surface area contributed by atoms with Gasteiger partial charge in [-0.3, -0.25) is 15.0 Å². The predicted octanol–water partition coefficient (Wildman–Crippen LogP) is 6.89. The molecule has 0 saturated carbocycles. The molecule has 1 aliphatic rings. The maximum absolute atomic E-state index is 13.7. The number of benzene rings is 1. The summed E-state index contributed by atoms with van der Waals surface area (Å²) >= 11 is 0. The Labute approximate surface area is 209 Å². The van der Waals surface area contributed by atoms with E-state index in [0.29, 0.717) is 17.8 Å². The van der Waals surface area contributed by atoms with Crippen LogP contribution in [0.3, 0.4) is 0 Å². The number of ketones is 1. The average Bonchev–Trinajstić information content (AvgIpc) is 2.74. The zero-order valence-corrected chi connectivity index (χ0v) is 22.6. The van der Waals surface area contributed by atoms with Gasteiger partial charge in [-0.15, -0.1) is 0 Å². The number of allylic oxidation sites excluding steroid dienone is 2. The van der Waals surface area contributed by atoms with Crippen LogP contribution in [-0.4, -0.2) is 36.7 Å². The molecular formula is C28H40N2O5. The molecule has 192 valence electrons. The standard InChI is InChI=1S/C28H40N2O5/c1-10-28(22(26(4,5)6)17-21(31)18-23(28)27(7,8)9)30(25(33)35-12-3)20-15-13-19(14-16-20)29-24(32)34-11-2/h13-18H,10-12H2,1-9H3,(H,29,32). The molecule has 1 aromatic rings. The van der Waals surface area contributed by atoms with Gasteiger partial charge in [-0.1, -0.05) is 48.5 Å². The van der Waals surface area contributed by atoms with Gasteiger partial charge < -0.3 is 9.47 Å². The third-order valence-corrected chi connectivity index (χ3v) is 6.07. The van der Waals surface area contributed by atoms with E-state index in [1.807, 2.05) is 6.92 Å². The zero-order chi connectivity index (χ0) is 26.6. The molecule has 1 N–H and O–H groups in total. The van der Waals surface area contributed by atoms with Crippen LogP contribution in [0.4, 0.5) is 21.0 Å². The van der Waals surface area contributed by atoms with E-state index < -0.39 is 28.6 Å². The van der Waals surface area contributed by atoms with Crippen molar-refractivity contribution in [1.82, 2.24) is 0 Å². The fourth-order valence-electron chi connectivity index (χ4n) is 4.81. The van der Waals surface area contributed by atoms with Crippen molar-refractivity contribution in [3.8, 4) is 0 Å². The highest BCUT2D eigenvalue weighted by atomic mass is 16.6. The van der Waals surface area contributed by atoms with Gasteiger partial charge in [0.2, 0.25) is 0 Å². The molecule has 0 unspecified atom stereocenters. The summed E-state index contributed by atoms with van der Waals surface area (Å²) in [6.07, 6.45) is 2.83. The van der Waals surface area contributed by atoms with E-state index in [1.165, 1.54) is 0 Å². The van der Waals surface area contributed by atoms with Crippen molar-refractivity contribution >= 4 is 29.3 Å². The van der Waals surface area contributed by atoms with Gasteiger partial charge in [0.25, 0.3) is 0 Å². The van der Waals surface area contributed by atoms with Crippen molar-refractivity contribution in [2.24, 2.45) is 10.8 Å². The lowest BCUT2D eigenvalue weighted by Gasteiger charge is -2.53. The second kappa shape index (κ2) is 10.7. The summed E-state index contributed by atoms with van der Waals surface area (Å²) in [6, 6.07) is 6.98. The molecule has 0 spiro atoms. The minimum absolute atomic E-state index is 0.0817. The Morgan fingerprint density at radius 1 is 0.857 bits per heavy atom. The number of anilines is 2. The van der Waals surface area contributed by atoms with E-state index in [9.17, 15) is 14.4 Å². The maximum Gasteiger partial charge on any atom is 0.415 e. The van der Waals surface area contributed by atoms with Crippen molar-refractivity contribution in [1.29, 1.82) is 0 Å². The van der Waals surface area contributed by atoms with Crippen LogP contribution in [0.5, 0.6) is 0 Å². The highest BCUT2D eigenvalue weighted by Gasteiger charge is 2.53. The van der Waals surface area contributed by atoms with E-state index in [0.717, 1.165) is 11.1 Å². The van der Waals surface area contributed by atoms with Gasteiger partial charge in [0.15, 0.2) is 5.78 Å². The molecule has 0 radical (unpaired) electrons. The molecule has 0 aromatic heterocycles. The van der Waals surface area contributed by atoms with Gasteiger partial charge in [-0.25, -0.2) is 9.59 Å². The number of rotatable bonds is 6. The predicted molar refractivity (Wildman–Crippen MR) is 140 cm³/mol. The van der Waals surface area contributed by atoms with Crippen molar-refractivity contribution in [3.05, 3.63) is 47.6 Å². The highest BCUT2D eigenvalue weighted by molar-refractivity contribution is 6.05. The summed E-state index contributed by atoms with van der Waals surface area (Å²) < 4.78 is 10.5. The fraction of sp³-hybridized carbons (Fsp3) is 0.536. The van der Waals surface area contributed by atoms with Crippen molar-refractivity contribution < 1.29 is 23.9 Å². The fourth-order valence-corrected chi connectivity index (χ4v) is 4.81. The number of amides is 2. The van der Waals surface area contributed by atoms with Gasteiger partial charge in [0.1, 0.15) is 0 Å². The van der Waals surface area contributed by atoms with Crippen molar-refractivity contribution in [2.45, 2.75) is 74.3 Å². The largest absolute Gasteiger partial charge is 0.450 e. The van der Waals surface area contributed by atoms with Crippen LogP contribution < -0.4 is 10.2 Å². The molecule has 0 fully saturated rings. The summed E-state index contributed by atoms with van der Waals surface area (Å²) in [4.78, 5) is 40.1. The van der Waals surface area contributed by atoms with Gasteiger partial charge in [0, 0.05) is 11.4 Å². The highest BCUT2D eigenvalue weighted by Crippen LogP contribution is 2.52. The molecule has 35 heavy (non-hydrogen) atoms. The Balaban J connectivity index is 2.79. The van der Waals surface area contributed by atoms with Gasteiger partial charge in [-0.05, 0) is 78.7 Å². The first-order valence-electron chi connectivity index (χ1n) is 12.2. The van der Waals surface area contributed by atoms with Crippen LogP contribution in [0.25, 0.3) is 0 Å². The SMILES string of the molecule is CCOC(=O)Nc1ccc(N(C(=O)OCC)C2(CC)C(C(C)(C)C)=CC(=O)C=C2C(C)(C)C)cc1. The zero-order valence-electron chi connectivity index (χ0n) is 22.6. The molecule has 7 heteroatoms. The van der Waals surface area contributed by atoms with E-state index in [4.69, 9.17) is 9.47 Å². The van der Waals surface area contributed by atoms with Crippen molar-refractivity contribution in [2.75, 3.05) is 23.4 Å². The first-order chi connectivity index (χ1) is 16.2. The summed E-state index contributed by atoms with van der Waals surface area (Å²) in [7, 11) is 0. The Kier molecular flexibility index (Phi) is 8.58. The van der Waals surface area contributed by atoms with Gasteiger partial charge in [-0.2, -0.15) is 0 Å². The molecule has 0 aliphatic heterocycles. The van der Waals surface area contributed by atoms with Crippen LogP contribution in [0.1, 0.15) is 68.7 Å². The van der Waals surface area contributed by atoms with Crippen LogP contribution in [-0.2, 0) is 14.3 Å². The second-order valence-electron chi connectivity index (χ2n) is 10.7. The Morgan fingerprint density at radius 2 is 1.34 bits per heavy atom. The third-order valence-electron chi connectivity index (χ3n) is 6.07. The Morgan fingerprint density at radius 3 is 1.74 bits per heavy atom. The van der Waals surface area contributed by atoms with E-state index in [-0.39, 0.29) is 19.0 Å². The normalized spacial score (nSPS) is 15.6. The molecule has 1 aromatic carbocycles. The lowest BCUT2D eigenvalue weighted by atomic mass is 9.60. The topological polar surface area (TPSA) is 84.9 Å². The molecule has 7 nitrogen and oxygen atoms in total. The lowest BCUT2D eigenvalue weighted by molar-refractivity contribution is -0.110. The average molecular weight is 485 g/mol. The molecule has 2 amide bonds. The van der Waals surface area contributed by atoms with Crippen LogP contribution in [0.15, 0.2) is 47.6 Å². The van der Waals surface area contributed by atoms with Crippen LogP contribution >= 0.6 is 0 Å². The van der Waals surface area contributed by atoms with Crippen LogP contribution in [0, 0.1) is 10.8 Å². The summed E-state index contributed by atoms with van der Waals surface area (Å²) in [5.41, 5.74) is 1.10. The Hall–Kier alpha value is -3.09. The van der Waals surface area contributed by atoms with E-state index in [1.54, 1.807) is 55.2 Å². The number of nitrogens with one attached hydrogen (secondary N) is 1. The molecule has 0 heterocycles. The number of ether oxygens (including phenoxy) is 2. The molecular weight excluding hydrogens is 444 g/mol. The minimum atomic E-state index is -0.924. The van der Waals surface area contributed by atoms with Crippen molar-refractivity contribution in [3.63, 3.8) is 0 Å². The molecule has 0 atom stereocenters. The van der Waals surface area contributed by atoms with E-state index in [2.05, 4.69) is 46.9 Å². The summed E-state index contributed by atoms with van der Waals surface area (Å²) in [5, 5.41) is 2.68. The molecule has 0 saturated heterocycles. The smallest absolute Gasteiger partial charge is 0.415 e. The van der Waals surface area contributed by atoms with Gasteiger partial charge in [0.05, 0.1) is 18.8 Å². The molecule has 2 rings (SSSR count). The minimum Gasteiger partial charge on any atom is -0.450 e. The number of hydrogen-bond acceptors (Lipinski definition) is 5. The molecule has 1 aliphatic carbocycles. The second-order valence-corrected chi connectivity index (χ2v) is 10.7. The first-order valence-corrected chi connectivity index (χ1v) is 12.2. The third kappa shape index (κ3) is 5.95. The van der Waals surface area contributed by atoms with E-state index >= 15 is 0 Å². The number of carbonyl (C=O) groups is 3. The maximum atomic E-state index is 13.7. The monoisotopic (exact) mass is 484 g/mol. The Bertz CT molecular complexity index is 973. The number of carbonyl (C=O) groups excluding carboxylic acids is 3. The number of hydrogen-bond donors (Lipinski definition) is 1. The quantitative estimate of drug-likeness (QED) is 0.475. The number of nitrogens with zero attached hydrogens (tertiary/aromatic N) is 1. The van der Waals surface area contributed by atoms with Gasteiger partial charge >= 0.3 is 12.2 Å². The summed E-state index contributed by atoms with van der Waals surface area (Å²) in [6.45, 7) is 18.3. The summed E-state index contributed by atoms with van der Waals surface area (Å²) in [5.74, 6) is -0.0817. The lowest BCUT2D eigenvalue weighted by Crippen LogP contribution is -2.60. The first kappa shape index (κ1) is 28.1. The van der Waals surface area contributed by atoms with Crippen LogP contribution in [0.2, 0.25) is 0 Å². The molecule has 0 bridgehead atoms.